The van der Waals surface area contributed by atoms with Crippen molar-refractivity contribution in [1.29, 1.82) is 0 Å². The van der Waals surface area contributed by atoms with Gasteiger partial charge in [0.05, 0.1) is 0 Å². The molecule has 2 amide bonds. The molecule has 0 radical (unpaired) electrons. The Labute approximate surface area is 123 Å². The first-order valence-corrected chi connectivity index (χ1v) is 8.20. The van der Waals surface area contributed by atoms with E-state index in [0.717, 1.165) is 13.0 Å². The van der Waals surface area contributed by atoms with Gasteiger partial charge in [-0.05, 0) is 19.8 Å². The summed E-state index contributed by atoms with van der Waals surface area (Å²) in [6.45, 7) is 6.93. The Morgan fingerprint density at radius 2 is 1.75 bits per heavy atom. The predicted molar refractivity (Wildman–Crippen MR) is 81.4 cm³/mol. The zero-order valence-electron chi connectivity index (χ0n) is 13.3. The first-order valence-electron chi connectivity index (χ1n) is 8.20. The molecule has 1 fully saturated rings. The van der Waals surface area contributed by atoms with Crippen molar-refractivity contribution in [3.8, 4) is 0 Å². The van der Waals surface area contributed by atoms with Crippen molar-refractivity contribution in [3.63, 3.8) is 0 Å². The molecule has 1 N–H and O–H groups in total. The van der Waals surface area contributed by atoms with Crippen molar-refractivity contribution in [2.24, 2.45) is 0 Å². The number of nitrogens with one attached hydrogen (secondary N) is 1. The van der Waals surface area contributed by atoms with Gasteiger partial charge in [0, 0.05) is 19.0 Å². The SMILES string of the molecule is CCCCCCCCN1C(=O)C(CC)NC(=O)CC1C. The summed E-state index contributed by atoms with van der Waals surface area (Å²) in [5, 5.41) is 2.83. The second-order valence-electron chi connectivity index (χ2n) is 5.88. The quantitative estimate of drug-likeness (QED) is 0.696. The number of nitrogens with zero attached hydrogens (tertiary/aromatic N) is 1. The van der Waals surface area contributed by atoms with E-state index in [1.807, 2.05) is 18.7 Å². The highest BCUT2D eigenvalue weighted by atomic mass is 16.2. The van der Waals surface area contributed by atoms with Crippen LogP contribution in [0.1, 0.15) is 72.1 Å². The summed E-state index contributed by atoms with van der Waals surface area (Å²) in [4.78, 5) is 26.0. The lowest BCUT2D eigenvalue weighted by Crippen LogP contribution is -2.46. The van der Waals surface area contributed by atoms with Crippen LogP contribution in [-0.2, 0) is 9.59 Å². The lowest BCUT2D eigenvalue weighted by atomic mass is 10.1. The second-order valence-corrected chi connectivity index (χ2v) is 5.88. The number of carbonyl (C=O) groups is 2. The van der Waals surface area contributed by atoms with Gasteiger partial charge in [-0.15, -0.1) is 0 Å². The molecular formula is C16H30N2O2. The van der Waals surface area contributed by atoms with Gasteiger partial charge < -0.3 is 10.2 Å². The van der Waals surface area contributed by atoms with E-state index in [0.29, 0.717) is 12.8 Å². The highest BCUT2D eigenvalue weighted by Crippen LogP contribution is 2.15. The highest BCUT2D eigenvalue weighted by Gasteiger charge is 2.32. The fraction of sp³-hybridized carbons (Fsp3) is 0.875. The Hall–Kier alpha value is -1.06. The summed E-state index contributed by atoms with van der Waals surface area (Å²) in [5.74, 6) is 0.0996. The van der Waals surface area contributed by atoms with Gasteiger partial charge in [-0.1, -0.05) is 46.0 Å². The molecule has 0 spiro atoms. The minimum atomic E-state index is -0.326. The standard InChI is InChI=1S/C16H30N2O2/c1-4-6-7-8-9-10-11-18-13(3)12-15(19)17-14(5-2)16(18)20/h13-14H,4-12H2,1-3H3,(H,17,19). The molecular weight excluding hydrogens is 252 g/mol. The summed E-state index contributed by atoms with van der Waals surface area (Å²) in [7, 11) is 0. The molecule has 116 valence electrons. The average molecular weight is 282 g/mol. The molecule has 1 heterocycles. The van der Waals surface area contributed by atoms with Gasteiger partial charge in [-0.2, -0.15) is 0 Å². The van der Waals surface area contributed by atoms with Crippen molar-refractivity contribution in [1.82, 2.24) is 10.2 Å². The molecule has 1 aliphatic heterocycles. The van der Waals surface area contributed by atoms with E-state index in [1.54, 1.807) is 0 Å². The number of rotatable bonds is 8. The molecule has 0 aromatic heterocycles. The summed E-state index contributed by atoms with van der Waals surface area (Å²) in [5.41, 5.74) is 0. The molecule has 1 aliphatic rings. The number of hydrogen-bond donors (Lipinski definition) is 1. The zero-order valence-corrected chi connectivity index (χ0v) is 13.3. The molecule has 0 aliphatic carbocycles. The van der Waals surface area contributed by atoms with E-state index in [2.05, 4.69) is 12.2 Å². The molecule has 4 nitrogen and oxygen atoms in total. The van der Waals surface area contributed by atoms with Gasteiger partial charge >= 0.3 is 0 Å². The first kappa shape index (κ1) is 17.0. The number of amides is 2. The molecule has 1 saturated heterocycles. The van der Waals surface area contributed by atoms with Crippen LogP contribution in [0.4, 0.5) is 0 Å². The van der Waals surface area contributed by atoms with Gasteiger partial charge in [0.15, 0.2) is 0 Å². The third kappa shape index (κ3) is 5.14. The van der Waals surface area contributed by atoms with Gasteiger partial charge in [-0.25, -0.2) is 0 Å². The highest BCUT2D eigenvalue weighted by molar-refractivity contribution is 5.90. The molecule has 2 atom stereocenters. The number of hydrogen-bond acceptors (Lipinski definition) is 2. The largest absolute Gasteiger partial charge is 0.344 e. The molecule has 2 unspecified atom stereocenters. The van der Waals surface area contributed by atoms with Crippen molar-refractivity contribution in [2.75, 3.05) is 6.54 Å². The van der Waals surface area contributed by atoms with Crippen molar-refractivity contribution >= 4 is 11.8 Å². The van der Waals surface area contributed by atoms with E-state index in [4.69, 9.17) is 0 Å². The first-order chi connectivity index (χ1) is 9.60. The lowest BCUT2D eigenvalue weighted by molar-refractivity contribution is -0.135. The maximum atomic E-state index is 12.4. The molecule has 0 aromatic rings. The molecule has 0 aromatic carbocycles. The van der Waals surface area contributed by atoms with Crippen LogP contribution in [0, 0.1) is 0 Å². The van der Waals surface area contributed by atoms with E-state index in [-0.39, 0.29) is 23.9 Å². The minimum absolute atomic E-state index is 0.00291. The van der Waals surface area contributed by atoms with Crippen LogP contribution < -0.4 is 5.32 Å². The van der Waals surface area contributed by atoms with Crippen LogP contribution in [0.25, 0.3) is 0 Å². The maximum absolute atomic E-state index is 12.4. The van der Waals surface area contributed by atoms with Crippen molar-refractivity contribution in [2.45, 2.75) is 84.2 Å². The molecule has 0 bridgehead atoms. The molecule has 4 heteroatoms. The van der Waals surface area contributed by atoms with Crippen LogP contribution in [0.15, 0.2) is 0 Å². The number of carbonyl (C=O) groups excluding carboxylic acids is 2. The van der Waals surface area contributed by atoms with Crippen LogP contribution >= 0.6 is 0 Å². The van der Waals surface area contributed by atoms with Gasteiger partial charge in [0.25, 0.3) is 0 Å². The summed E-state index contributed by atoms with van der Waals surface area (Å²) >= 11 is 0. The third-order valence-corrected chi connectivity index (χ3v) is 4.09. The minimum Gasteiger partial charge on any atom is -0.344 e. The van der Waals surface area contributed by atoms with E-state index in [1.165, 1.54) is 32.1 Å². The Bertz CT molecular complexity index is 318. The van der Waals surface area contributed by atoms with E-state index in [9.17, 15) is 9.59 Å². The topological polar surface area (TPSA) is 49.4 Å². The Morgan fingerprint density at radius 3 is 2.40 bits per heavy atom. The zero-order chi connectivity index (χ0) is 15.0. The number of unbranched alkanes of at least 4 members (excludes halogenated alkanes) is 5. The summed E-state index contributed by atoms with van der Waals surface area (Å²) < 4.78 is 0. The summed E-state index contributed by atoms with van der Waals surface area (Å²) in [6.07, 6.45) is 8.42. The fourth-order valence-corrected chi connectivity index (χ4v) is 2.78. The molecule has 1 rings (SSSR count). The monoisotopic (exact) mass is 282 g/mol. The Balaban J connectivity index is 2.44. The lowest BCUT2D eigenvalue weighted by Gasteiger charge is -2.28. The molecule has 20 heavy (non-hydrogen) atoms. The van der Waals surface area contributed by atoms with E-state index >= 15 is 0 Å². The van der Waals surface area contributed by atoms with Gasteiger partial charge in [0.2, 0.25) is 11.8 Å². The van der Waals surface area contributed by atoms with Crippen LogP contribution in [-0.4, -0.2) is 35.3 Å². The van der Waals surface area contributed by atoms with Crippen molar-refractivity contribution < 1.29 is 9.59 Å². The smallest absolute Gasteiger partial charge is 0.245 e. The normalized spacial score (nSPS) is 23.6. The van der Waals surface area contributed by atoms with E-state index < -0.39 is 0 Å². The Kier molecular flexibility index (Phi) is 7.63. The molecule has 0 saturated carbocycles. The summed E-state index contributed by atoms with van der Waals surface area (Å²) in [6, 6.07) is -0.303. The third-order valence-electron chi connectivity index (χ3n) is 4.09. The average Bonchev–Trinajstić information content (AvgIpc) is 2.52. The fourth-order valence-electron chi connectivity index (χ4n) is 2.78. The van der Waals surface area contributed by atoms with Gasteiger partial charge in [-0.3, -0.25) is 9.59 Å². The Morgan fingerprint density at radius 1 is 1.10 bits per heavy atom. The maximum Gasteiger partial charge on any atom is 0.245 e. The van der Waals surface area contributed by atoms with Gasteiger partial charge in [0.1, 0.15) is 6.04 Å². The van der Waals surface area contributed by atoms with Crippen LogP contribution in [0.2, 0.25) is 0 Å². The second kappa shape index (κ2) is 8.98. The van der Waals surface area contributed by atoms with Crippen LogP contribution in [0.5, 0.6) is 0 Å². The predicted octanol–water partition coefficient (Wildman–Crippen LogP) is 2.86. The van der Waals surface area contributed by atoms with Crippen LogP contribution in [0.3, 0.4) is 0 Å². The van der Waals surface area contributed by atoms with Crippen molar-refractivity contribution in [3.05, 3.63) is 0 Å².